The van der Waals surface area contributed by atoms with E-state index in [0.29, 0.717) is 5.82 Å². The summed E-state index contributed by atoms with van der Waals surface area (Å²) < 4.78 is 0. The first-order chi connectivity index (χ1) is 14.1. The number of nitriles is 1. The maximum absolute atomic E-state index is 10.9. The molecule has 0 saturated carbocycles. The van der Waals surface area contributed by atoms with Crippen LogP contribution in [0.25, 0.3) is 16.6 Å². The standard InChI is InChI=1S/C22H22ClN5O/c1-15(27-10-12-28(13-11-27)20-9-5-2-6-17(20)23)21(29)16(14-24)22-25-18-7-3-4-8-19(18)26-22/h2-9,15,29H,10-13H2,1H3,(H,25,26)/p+1/b21-16-/t15-/m1/s1. The van der Waals surface area contributed by atoms with Gasteiger partial charge in [0.15, 0.2) is 11.6 Å². The number of nitrogens with one attached hydrogen (secondary N) is 2. The maximum Gasteiger partial charge on any atom is 0.172 e. The van der Waals surface area contributed by atoms with Gasteiger partial charge in [0.05, 0.1) is 47.9 Å². The first kappa shape index (κ1) is 19.3. The third kappa shape index (κ3) is 3.80. The molecule has 0 unspecified atom stereocenters. The Hall–Kier alpha value is -3.01. The first-order valence-corrected chi connectivity index (χ1v) is 10.1. The van der Waals surface area contributed by atoms with Gasteiger partial charge in [0, 0.05) is 0 Å². The van der Waals surface area contributed by atoms with Crippen molar-refractivity contribution in [3.05, 3.63) is 65.1 Å². The molecular weight excluding hydrogens is 386 g/mol. The van der Waals surface area contributed by atoms with Gasteiger partial charge in [0.25, 0.3) is 0 Å². The number of hydrogen-bond donors (Lipinski definition) is 3. The number of halogens is 1. The SMILES string of the molecule is C[C@H](/C(O)=C(\C#N)c1nc2ccccc2[nH]1)[NH+]1CCN(c2ccccc2Cl)CC1. The summed E-state index contributed by atoms with van der Waals surface area (Å²) >= 11 is 6.33. The number of hydrogen-bond acceptors (Lipinski definition) is 4. The minimum Gasteiger partial charge on any atom is -0.505 e. The number of fused-ring (bicyclic) bond motifs is 1. The lowest BCUT2D eigenvalue weighted by molar-refractivity contribution is -0.919. The van der Waals surface area contributed by atoms with Gasteiger partial charge >= 0.3 is 0 Å². The third-order valence-electron chi connectivity index (χ3n) is 5.62. The van der Waals surface area contributed by atoms with Gasteiger partial charge in [-0.2, -0.15) is 5.26 Å². The van der Waals surface area contributed by atoms with Crippen molar-refractivity contribution in [3.8, 4) is 6.07 Å². The molecule has 0 aliphatic carbocycles. The number of aromatic nitrogens is 2. The Balaban J connectivity index is 1.52. The van der Waals surface area contributed by atoms with Crippen molar-refractivity contribution in [1.82, 2.24) is 9.97 Å². The summed E-state index contributed by atoms with van der Waals surface area (Å²) in [5, 5.41) is 21.3. The van der Waals surface area contributed by atoms with Crippen LogP contribution >= 0.6 is 11.6 Å². The number of imidazole rings is 1. The Kier molecular flexibility index (Phi) is 5.43. The second-order valence-corrected chi connectivity index (χ2v) is 7.70. The van der Waals surface area contributed by atoms with Crippen molar-refractivity contribution in [2.24, 2.45) is 0 Å². The Morgan fingerprint density at radius 3 is 2.59 bits per heavy atom. The van der Waals surface area contributed by atoms with Gasteiger partial charge in [0.1, 0.15) is 17.7 Å². The molecule has 3 N–H and O–H groups in total. The van der Waals surface area contributed by atoms with Gasteiger partial charge < -0.3 is 19.9 Å². The highest BCUT2D eigenvalue weighted by atomic mass is 35.5. The van der Waals surface area contributed by atoms with Gasteiger partial charge in [-0.25, -0.2) is 4.98 Å². The zero-order valence-corrected chi connectivity index (χ0v) is 16.9. The smallest absolute Gasteiger partial charge is 0.172 e. The van der Waals surface area contributed by atoms with Crippen LogP contribution in [0.5, 0.6) is 0 Å². The number of H-pyrrole nitrogens is 1. The maximum atomic E-state index is 10.9. The van der Waals surface area contributed by atoms with Gasteiger partial charge in [-0.05, 0) is 31.2 Å². The van der Waals surface area contributed by atoms with Crippen LogP contribution in [0.3, 0.4) is 0 Å². The van der Waals surface area contributed by atoms with Crippen molar-refractivity contribution < 1.29 is 10.0 Å². The van der Waals surface area contributed by atoms with Crippen molar-refractivity contribution in [1.29, 1.82) is 5.26 Å². The Morgan fingerprint density at radius 1 is 1.21 bits per heavy atom. The molecule has 0 amide bonds. The largest absolute Gasteiger partial charge is 0.505 e. The van der Waals surface area contributed by atoms with E-state index in [1.807, 2.05) is 55.5 Å². The van der Waals surface area contributed by atoms with E-state index in [4.69, 9.17) is 11.6 Å². The number of piperazine rings is 1. The predicted octanol–water partition coefficient (Wildman–Crippen LogP) is 2.80. The number of benzene rings is 2. The van der Waals surface area contributed by atoms with Gasteiger partial charge in [-0.3, -0.25) is 0 Å². The van der Waals surface area contributed by atoms with Crippen LogP contribution in [-0.2, 0) is 0 Å². The minimum atomic E-state index is -0.203. The molecule has 1 aliphatic rings. The molecule has 1 aromatic heterocycles. The lowest BCUT2D eigenvalue weighted by atomic mass is 10.1. The van der Waals surface area contributed by atoms with Crippen molar-refractivity contribution in [2.45, 2.75) is 13.0 Å². The molecule has 4 rings (SSSR count). The number of nitrogens with zero attached hydrogens (tertiary/aromatic N) is 3. The van der Waals surface area contributed by atoms with Crippen molar-refractivity contribution >= 4 is 33.9 Å². The molecule has 2 heterocycles. The summed E-state index contributed by atoms with van der Waals surface area (Å²) in [5.41, 5.74) is 2.86. The average molecular weight is 409 g/mol. The summed E-state index contributed by atoms with van der Waals surface area (Å²) in [7, 11) is 0. The highest BCUT2D eigenvalue weighted by Crippen LogP contribution is 2.25. The Morgan fingerprint density at radius 2 is 1.90 bits per heavy atom. The number of anilines is 1. The zero-order chi connectivity index (χ0) is 20.4. The van der Waals surface area contributed by atoms with Crippen LogP contribution in [0.2, 0.25) is 5.02 Å². The molecule has 1 atom stereocenters. The van der Waals surface area contributed by atoms with Crippen LogP contribution in [0.4, 0.5) is 5.69 Å². The quantitative estimate of drug-likeness (QED) is 0.458. The van der Waals surface area contributed by atoms with Crippen molar-refractivity contribution in [3.63, 3.8) is 0 Å². The van der Waals surface area contributed by atoms with Crippen LogP contribution in [0.15, 0.2) is 54.3 Å². The van der Waals surface area contributed by atoms with Crippen molar-refractivity contribution in [2.75, 3.05) is 31.1 Å². The molecule has 29 heavy (non-hydrogen) atoms. The normalized spacial score (nSPS) is 17.1. The van der Waals surface area contributed by atoms with E-state index < -0.39 is 0 Å². The topological polar surface area (TPSA) is 80.4 Å². The summed E-state index contributed by atoms with van der Waals surface area (Å²) in [4.78, 5) is 11.1. The summed E-state index contributed by atoms with van der Waals surface area (Å²) in [6.07, 6.45) is 0. The molecule has 1 aliphatic heterocycles. The third-order valence-corrected chi connectivity index (χ3v) is 5.94. The average Bonchev–Trinajstić information content (AvgIpc) is 3.18. The first-order valence-electron chi connectivity index (χ1n) is 9.71. The number of aromatic amines is 1. The second kappa shape index (κ2) is 8.16. The number of allylic oxidation sites excluding steroid dienone is 1. The van der Waals surface area contributed by atoms with E-state index in [0.717, 1.165) is 47.9 Å². The molecule has 1 saturated heterocycles. The number of rotatable bonds is 4. The Labute approximate surface area is 174 Å². The predicted molar refractivity (Wildman–Crippen MR) is 115 cm³/mol. The molecule has 0 radical (unpaired) electrons. The van der Waals surface area contributed by atoms with Crippen LogP contribution < -0.4 is 9.80 Å². The highest BCUT2D eigenvalue weighted by Gasteiger charge is 2.30. The summed E-state index contributed by atoms with van der Waals surface area (Å²) in [5.74, 6) is 0.486. The summed E-state index contributed by atoms with van der Waals surface area (Å²) in [6.45, 7) is 5.31. The van der Waals surface area contributed by atoms with Crippen LogP contribution in [0, 0.1) is 11.3 Å². The molecule has 0 spiro atoms. The number of aliphatic hydroxyl groups is 1. The van der Waals surface area contributed by atoms with Crippen LogP contribution in [-0.4, -0.2) is 47.3 Å². The minimum absolute atomic E-state index is 0.0766. The molecule has 7 heteroatoms. The van der Waals surface area contributed by atoms with E-state index in [2.05, 4.69) is 20.9 Å². The van der Waals surface area contributed by atoms with Gasteiger partial charge in [0.2, 0.25) is 0 Å². The lowest BCUT2D eigenvalue weighted by Gasteiger charge is -2.36. The highest BCUT2D eigenvalue weighted by molar-refractivity contribution is 6.33. The van der Waals surface area contributed by atoms with E-state index in [1.165, 1.54) is 4.90 Å². The summed E-state index contributed by atoms with van der Waals surface area (Å²) in [6, 6.07) is 17.4. The van der Waals surface area contributed by atoms with E-state index in [1.54, 1.807) is 0 Å². The number of para-hydroxylation sites is 3. The lowest BCUT2D eigenvalue weighted by Crippen LogP contribution is -3.18. The molecule has 148 valence electrons. The Bertz CT molecular complexity index is 1060. The van der Waals surface area contributed by atoms with E-state index in [9.17, 15) is 10.4 Å². The zero-order valence-electron chi connectivity index (χ0n) is 16.2. The molecule has 2 aromatic carbocycles. The van der Waals surface area contributed by atoms with Gasteiger partial charge in [-0.1, -0.05) is 35.9 Å². The molecule has 0 bridgehead atoms. The molecular formula is C22H23ClN5O+. The monoisotopic (exact) mass is 408 g/mol. The van der Waals surface area contributed by atoms with E-state index in [-0.39, 0.29) is 17.4 Å². The number of quaternary nitrogens is 1. The number of aliphatic hydroxyl groups excluding tert-OH is 1. The van der Waals surface area contributed by atoms with E-state index >= 15 is 0 Å². The molecule has 3 aromatic rings. The molecule has 6 nitrogen and oxygen atoms in total. The fraction of sp³-hybridized carbons (Fsp3) is 0.273. The second-order valence-electron chi connectivity index (χ2n) is 7.29. The van der Waals surface area contributed by atoms with Crippen LogP contribution in [0.1, 0.15) is 12.7 Å². The molecule has 1 fully saturated rings. The fourth-order valence-corrected chi connectivity index (χ4v) is 4.14. The van der Waals surface area contributed by atoms with Gasteiger partial charge in [-0.15, -0.1) is 0 Å². The fourth-order valence-electron chi connectivity index (χ4n) is 3.89.